The summed E-state index contributed by atoms with van der Waals surface area (Å²) in [6.07, 6.45) is 22.5. The average Bonchev–Trinajstić information content (AvgIpc) is 1.61. The fraction of sp³-hybridized carbons (Fsp3) is 0.468. The summed E-state index contributed by atoms with van der Waals surface area (Å²) in [5.74, 6) is 0.476. The number of nitriles is 3. The van der Waals surface area contributed by atoms with E-state index in [1.165, 1.54) is 77.0 Å². The second-order valence-electron chi connectivity index (χ2n) is 29.1. The van der Waals surface area contributed by atoms with Crippen molar-refractivity contribution in [1.29, 1.82) is 15.8 Å². The number of hydrogen-bond acceptors (Lipinski definition) is 18. The maximum absolute atomic E-state index is 13.1. The van der Waals surface area contributed by atoms with E-state index in [-0.39, 0.29) is 83.4 Å². The number of nitrogens with one attached hydrogen (secondary N) is 1. The van der Waals surface area contributed by atoms with Gasteiger partial charge in [-0.1, -0.05) is 73.3 Å². The maximum atomic E-state index is 13.1. The van der Waals surface area contributed by atoms with Gasteiger partial charge in [-0.2, -0.15) is 31.1 Å². The average molecular weight is 2210 g/mol. The number of aromatic nitrogens is 3. The van der Waals surface area contributed by atoms with Gasteiger partial charge >= 0.3 is 62.4 Å². The van der Waals surface area contributed by atoms with Crippen molar-refractivity contribution < 1.29 is 48.1 Å². The maximum Gasteiger partial charge on any atom is 0.354 e. The second-order valence-corrected chi connectivity index (χ2v) is 46.6. The van der Waals surface area contributed by atoms with E-state index in [4.69, 9.17) is 60.2 Å². The van der Waals surface area contributed by atoms with Crippen molar-refractivity contribution in [1.82, 2.24) is 25.2 Å². The van der Waals surface area contributed by atoms with Crippen molar-refractivity contribution in [2.24, 2.45) is 50.8 Å². The number of piperidine rings is 2. The minimum atomic E-state index is -1.01. The molecule has 6 atom stereocenters. The monoisotopic (exact) mass is 2210 g/mol. The van der Waals surface area contributed by atoms with Crippen molar-refractivity contribution >= 4 is 185 Å². The van der Waals surface area contributed by atoms with Crippen LogP contribution >= 0.6 is 133 Å². The third kappa shape index (κ3) is 19.6. The number of nitrogens with zero attached hydrogens (tertiary/aromatic N) is 13. The number of rotatable bonds is 9. The summed E-state index contributed by atoms with van der Waals surface area (Å²) < 4.78 is 0. The number of carboxylic acids is 2. The normalized spacial score (nSPS) is 22.5. The molecule has 5 fully saturated rings. The van der Waals surface area contributed by atoms with Crippen molar-refractivity contribution in [3.05, 3.63) is 174 Å². The topological polar surface area (TPSA) is 304 Å². The zero-order chi connectivity index (χ0) is 76.3. The van der Waals surface area contributed by atoms with Crippen molar-refractivity contribution in [2.45, 2.75) is 172 Å². The minimum Gasteiger partial charge on any atom is -0.477 e. The summed E-state index contributed by atoms with van der Waals surface area (Å²) in [6.45, 7) is 3.11. The molecule has 576 valence electrons. The molecule has 6 aromatic rings. The number of hydrogen-bond donors (Lipinski definition) is 5. The van der Waals surface area contributed by atoms with Gasteiger partial charge in [0.15, 0.2) is 0 Å². The van der Waals surface area contributed by atoms with Crippen LogP contribution in [0.5, 0.6) is 0 Å². The van der Waals surface area contributed by atoms with E-state index >= 15 is 0 Å². The van der Waals surface area contributed by atoms with Gasteiger partial charge in [-0.3, -0.25) is 19.8 Å². The quantitative estimate of drug-likeness (QED) is 0.0840. The van der Waals surface area contributed by atoms with Crippen LogP contribution in [0.15, 0.2) is 106 Å². The number of aliphatic hydroxyl groups excluding tert-OH is 2. The fourth-order valence-electron chi connectivity index (χ4n) is 17.9. The van der Waals surface area contributed by atoms with E-state index < -0.39 is 11.9 Å². The number of aromatic carboxylic acids is 2. The molecular formula is C79H84Cl3I6N14O7-. The molecule has 109 heavy (non-hydrogen) atoms. The van der Waals surface area contributed by atoms with E-state index in [9.17, 15) is 45.5 Å². The minimum absolute atomic E-state index is 0. The number of aryl methyl sites for hydroxylation is 3. The van der Waals surface area contributed by atoms with Gasteiger partial charge in [-0.05, 0) is 225 Å². The van der Waals surface area contributed by atoms with Gasteiger partial charge in [0.25, 0.3) is 5.91 Å². The third-order valence-corrected chi connectivity index (χ3v) is 23.9. The Kier molecular flexibility index (Phi) is 31.5. The predicted octanol–water partition coefficient (Wildman–Crippen LogP) is 14.7. The summed E-state index contributed by atoms with van der Waals surface area (Å²) in [4.78, 5) is 51.1. The first-order valence-corrected chi connectivity index (χ1v) is 57.0. The molecule has 11 aliphatic rings. The largest absolute Gasteiger partial charge is 0.477 e. The fourth-order valence-corrected chi connectivity index (χ4v) is 18.5. The van der Waals surface area contributed by atoms with Crippen LogP contribution in [-0.2, 0) is 19.3 Å². The van der Waals surface area contributed by atoms with E-state index in [2.05, 4.69) is 123 Å². The molecule has 30 heteroatoms. The molecule has 2 saturated heterocycles. The number of likely N-dealkylation sites (tertiary alicyclic amines) is 1. The first-order valence-electron chi connectivity index (χ1n) is 37.0. The molecule has 5 aliphatic heterocycles. The Labute approximate surface area is 721 Å². The van der Waals surface area contributed by atoms with Crippen LogP contribution in [0, 0.1) is 69.5 Å². The Morgan fingerprint density at radius 3 is 1.05 bits per heavy atom. The molecule has 0 unspecified atom stereocenters. The molecule has 21 nitrogen and oxygen atoms in total. The molecule has 5 N–H and O–H groups in total. The number of benzene rings is 3. The van der Waals surface area contributed by atoms with Gasteiger partial charge in [0.1, 0.15) is 35.3 Å². The van der Waals surface area contributed by atoms with Crippen LogP contribution < -0.4 is 33.6 Å². The molecule has 3 saturated carbocycles. The number of pyridine rings is 3. The third-order valence-electron chi connectivity index (χ3n) is 23.0. The zero-order valence-electron chi connectivity index (χ0n) is 59.7. The molecule has 0 spiro atoms. The molecule has 0 radical (unpaired) electrons. The summed E-state index contributed by atoms with van der Waals surface area (Å²) in [5.41, 5.74) is 13.3. The Morgan fingerprint density at radius 2 is 0.761 bits per heavy atom. The van der Waals surface area contributed by atoms with Crippen LogP contribution in [0.1, 0.15) is 204 Å². The van der Waals surface area contributed by atoms with Crippen LogP contribution in [0.4, 0.5) is 17.1 Å². The first kappa shape index (κ1) is 85.4. The van der Waals surface area contributed by atoms with Crippen molar-refractivity contribution in [2.75, 3.05) is 41.2 Å². The van der Waals surface area contributed by atoms with Gasteiger partial charge in [-0.25, -0.2) is 24.5 Å². The molecular weight excluding hydrogens is 2120 g/mol. The summed E-state index contributed by atoms with van der Waals surface area (Å²) in [6, 6.07) is 34.4. The van der Waals surface area contributed by atoms with Crippen LogP contribution in [0.2, 0.25) is 15.1 Å². The van der Waals surface area contributed by atoms with Crippen LogP contribution in [-0.4, -0.2) is 132 Å². The number of hydrazone groups is 3. The Hall–Kier alpha value is -4.47. The number of anilines is 3. The number of amides is 1. The Bertz CT molecular complexity index is 4350. The second kappa shape index (κ2) is 40.2. The van der Waals surface area contributed by atoms with E-state index in [1.807, 2.05) is 60.7 Å². The summed E-state index contributed by atoms with van der Waals surface area (Å²) in [5, 5.41) is 91.0. The van der Waals surface area contributed by atoms with Gasteiger partial charge in [0.2, 0.25) is 0 Å². The summed E-state index contributed by atoms with van der Waals surface area (Å²) in [7, 11) is 0. The van der Waals surface area contributed by atoms with E-state index in [0.717, 1.165) is 132 Å². The zero-order valence-corrected chi connectivity index (χ0v) is 75.0. The molecule has 1 amide bonds. The van der Waals surface area contributed by atoms with Crippen LogP contribution in [0.3, 0.4) is 0 Å². The number of aliphatic hydroxyl groups is 2. The molecule has 6 aliphatic carbocycles. The standard InChI is InChI=1S/C28H30ClN5O2.2C23H21ClN4O2.C5H11NO.I3.I2.HI/c29-23-15-19(6-5-18(23)16-30)34-27(17-3-1-2-4-17)22-8-9-24-21(26(22)32-34)7-10-25(31-24)28(36)33-13-11-20(35)12-14-33;2*24-18-11-15(6-5-14(18)12-25)28-22(13-3-1-2-4-13)17-8-9-19-16(21(17)27-28)7-10-20(26-19)23(29)30;7-5-1-3-6-4-2-5;1-3-2;1-2;/h5-7,10,15,17,20,22,27,35H,1-4,8-9,11-14H2;2*5-7,10-11,13,17,22H,1-4,8-9H2,(H,29,30);5-7H,1-4H2;;;1H/q;;;;-1;;/t22-,27-;2*17-,22-;;;;/m000..../s1. The molecule has 3 aromatic heterocycles. The number of carbonyl (C=O) groups is 3. The predicted molar refractivity (Wildman–Crippen MR) is 466 cm³/mol. The van der Waals surface area contributed by atoms with Crippen LogP contribution in [0.25, 0.3) is 0 Å². The molecule has 3 aromatic carbocycles. The molecule has 0 bridgehead atoms. The van der Waals surface area contributed by atoms with Gasteiger partial charge in [0.05, 0.1) is 113 Å². The first-order chi connectivity index (χ1) is 52.5. The van der Waals surface area contributed by atoms with Crippen molar-refractivity contribution in [3.63, 3.8) is 0 Å². The molecule has 8 heterocycles. The van der Waals surface area contributed by atoms with Gasteiger partial charge < -0.3 is 30.6 Å². The van der Waals surface area contributed by atoms with Gasteiger partial charge in [0, 0.05) is 84.8 Å². The summed E-state index contributed by atoms with van der Waals surface area (Å²) >= 11 is 28.6. The number of carbonyl (C=O) groups excluding carboxylic acids is 1. The van der Waals surface area contributed by atoms with E-state index in [0.29, 0.717) is 100 Å². The van der Waals surface area contributed by atoms with E-state index in [1.54, 1.807) is 35.2 Å². The number of carboxylic acid groups (broad SMARTS) is 2. The Balaban J connectivity index is 0.000000151. The number of halogens is 9. The molecule has 17 rings (SSSR count). The van der Waals surface area contributed by atoms with Gasteiger partial charge in [-0.15, -0.1) is 24.0 Å². The smallest absolute Gasteiger partial charge is 0.354 e. The number of fused-ring (bicyclic) bond motifs is 9. The van der Waals surface area contributed by atoms with Crippen molar-refractivity contribution in [3.8, 4) is 18.2 Å². The Morgan fingerprint density at radius 1 is 0.459 bits per heavy atom. The SMILES string of the molecule is I.II.I[I-]I.N#Cc1ccc(N2N=C3c4ccc(C(=O)N5CCC(O)CC5)nc4CC[C@@H]3[C@@H]2C2CCCC2)cc1Cl.N#Cc1ccc(N2N=C3c4ccc(C(=O)O)nc4CC[C@@H]3[C@@H]2C2CCCC2)cc1Cl.N#Cc1ccc(N2N=C3c4ccc(C(=O)O)nc4CC[C@@H]3[C@@H]2C2CCCC2)cc1Cl.OC1CCNCC1.